The molecule has 4 aliphatic rings. The maximum absolute atomic E-state index is 12.2. The Bertz CT molecular complexity index is 2010. The molecule has 49 heavy (non-hydrogen) atoms. The number of piperidine rings is 2. The van der Waals surface area contributed by atoms with Crippen molar-refractivity contribution >= 4 is 39.6 Å². The maximum Gasteiger partial charge on any atom is 0.245 e. The fourth-order valence-electron chi connectivity index (χ4n) is 8.17. The summed E-state index contributed by atoms with van der Waals surface area (Å²) < 4.78 is 6.89. The first-order chi connectivity index (χ1) is 23.8. The van der Waals surface area contributed by atoms with Crippen LogP contribution in [-0.2, 0) is 4.79 Å². The van der Waals surface area contributed by atoms with E-state index in [-0.39, 0.29) is 17.2 Å². The standard InChI is InChI=1S/C39H44N8O2/c1-5-26-19-28-34(35(49-24-38(21-40)11-12-38)33(26)32-25(3)7-8-30-29(32)20-41-44-30)42-36(27-9-15-45(4)16-10-27)43-37(28)46-17-13-39(14-18-46)22-47(23-39)31(48)6-2/h5-8,19-20,27H,1-2,9-18,22-24H2,3-4H3,(H,41,44). The third-order valence-electron chi connectivity index (χ3n) is 11.6. The van der Waals surface area contributed by atoms with Crippen molar-refractivity contribution in [1.82, 2.24) is 30.0 Å². The molecular formula is C39H44N8O2. The smallest absolute Gasteiger partial charge is 0.245 e. The molecule has 1 N–H and O–H groups in total. The molecule has 0 atom stereocenters. The fourth-order valence-corrected chi connectivity index (χ4v) is 8.17. The second-order valence-electron chi connectivity index (χ2n) is 14.9. The average molecular weight is 657 g/mol. The van der Waals surface area contributed by atoms with Crippen LogP contribution in [-0.4, -0.2) is 88.8 Å². The number of amides is 1. The lowest BCUT2D eigenvalue weighted by molar-refractivity contribution is -0.139. The van der Waals surface area contributed by atoms with Gasteiger partial charge >= 0.3 is 0 Å². The number of anilines is 1. The van der Waals surface area contributed by atoms with E-state index in [2.05, 4.69) is 71.4 Å². The van der Waals surface area contributed by atoms with Gasteiger partial charge in [0, 0.05) is 53.8 Å². The zero-order valence-electron chi connectivity index (χ0n) is 28.6. The number of aryl methyl sites for hydroxylation is 1. The molecule has 0 bridgehead atoms. The predicted molar refractivity (Wildman–Crippen MR) is 192 cm³/mol. The molecule has 4 aromatic rings. The lowest BCUT2D eigenvalue weighted by Gasteiger charge is -2.54. The molecule has 2 aromatic carbocycles. The number of carbonyl (C=O) groups excluding carboxylic acids is 1. The van der Waals surface area contributed by atoms with Crippen molar-refractivity contribution in [3.05, 3.63) is 60.6 Å². The van der Waals surface area contributed by atoms with Gasteiger partial charge in [0.1, 0.15) is 23.8 Å². The van der Waals surface area contributed by atoms with E-state index < -0.39 is 5.41 Å². The number of ether oxygens (including phenoxy) is 1. The molecule has 0 radical (unpaired) electrons. The van der Waals surface area contributed by atoms with Crippen LogP contribution < -0.4 is 9.64 Å². The van der Waals surface area contributed by atoms with Crippen LogP contribution in [0.15, 0.2) is 43.6 Å². The van der Waals surface area contributed by atoms with Crippen LogP contribution in [0.4, 0.5) is 5.82 Å². The minimum absolute atomic E-state index is 0.0173. The monoisotopic (exact) mass is 656 g/mol. The van der Waals surface area contributed by atoms with E-state index in [1.54, 1.807) is 0 Å². The summed E-state index contributed by atoms with van der Waals surface area (Å²) in [6, 6.07) is 8.87. The molecule has 3 saturated heterocycles. The third kappa shape index (κ3) is 5.45. The number of likely N-dealkylation sites (tertiary alicyclic amines) is 2. The summed E-state index contributed by atoms with van der Waals surface area (Å²) in [6.45, 7) is 15.7. The number of hydrogen-bond acceptors (Lipinski definition) is 8. The van der Waals surface area contributed by atoms with Crippen LogP contribution >= 0.6 is 0 Å². The first kappa shape index (κ1) is 31.5. The van der Waals surface area contributed by atoms with Gasteiger partial charge in [-0.25, -0.2) is 9.97 Å². The highest BCUT2D eigenvalue weighted by Crippen LogP contribution is 2.50. The Morgan fingerprint density at radius 3 is 2.51 bits per heavy atom. The van der Waals surface area contributed by atoms with E-state index in [0.29, 0.717) is 12.4 Å². The van der Waals surface area contributed by atoms with Crippen LogP contribution in [0.2, 0.25) is 0 Å². The summed E-state index contributed by atoms with van der Waals surface area (Å²) in [6.07, 6.45) is 10.8. The molecule has 10 nitrogen and oxygen atoms in total. The summed E-state index contributed by atoms with van der Waals surface area (Å²) in [4.78, 5) is 29.7. The topological polar surface area (TPSA) is 114 Å². The van der Waals surface area contributed by atoms with Crippen LogP contribution in [0.5, 0.6) is 5.75 Å². The van der Waals surface area contributed by atoms with Gasteiger partial charge in [-0.1, -0.05) is 25.3 Å². The van der Waals surface area contributed by atoms with E-state index in [9.17, 15) is 10.1 Å². The Morgan fingerprint density at radius 2 is 1.84 bits per heavy atom. The Labute approximate surface area is 287 Å². The molecule has 10 heteroatoms. The fraction of sp³-hybridized carbons (Fsp3) is 0.462. The lowest BCUT2D eigenvalue weighted by atomic mass is 9.72. The Balaban J connectivity index is 1.30. The predicted octanol–water partition coefficient (Wildman–Crippen LogP) is 6.23. The number of H-pyrrole nitrogens is 1. The molecule has 252 valence electrons. The number of rotatable bonds is 8. The highest BCUT2D eigenvalue weighted by Gasteiger charge is 2.47. The SMILES string of the molecule is C=CC(=O)N1CC2(CCN(c3nc(C4CCN(C)CC4)nc4c(OCC5(C#N)CC5)c(-c5c(C)ccc6[nH]ncc56)c(C=C)cc34)CC2)C1. The third-order valence-corrected chi connectivity index (χ3v) is 11.6. The maximum atomic E-state index is 12.2. The lowest BCUT2D eigenvalue weighted by Crippen LogP contribution is -2.61. The minimum atomic E-state index is -0.470. The highest BCUT2D eigenvalue weighted by molar-refractivity contribution is 6.07. The van der Waals surface area contributed by atoms with Crippen molar-refractivity contribution in [2.75, 3.05) is 57.8 Å². The van der Waals surface area contributed by atoms with Crippen molar-refractivity contribution in [2.24, 2.45) is 10.8 Å². The number of hydrogen-bond donors (Lipinski definition) is 1. The van der Waals surface area contributed by atoms with Crippen molar-refractivity contribution in [1.29, 1.82) is 5.26 Å². The summed E-state index contributed by atoms with van der Waals surface area (Å²) in [5, 5.41) is 19.5. The number of aromatic amines is 1. The van der Waals surface area contributed by atoms with Gasteiger partial charge in [-0.2, -0.15) is 10.4 Å². The van der Waals surface area contributed by atoms with Crippen LogP contribution in [0, 0.1) is 29.1 Å². The molecule has 8 rings (SSSR count). The Hall–Kier alpha value is -4.75. The first-order valence-corrected chi connectivity index (χ1v) is 17.6. The molecule has 4 fully saturated rings. The molecule has 5 heterocycles. The normalized spacial score (nSPS) is 20.3. The van der Waals surface area contributed by atoms with Gasteiger partial charge in [0.25, 0.3) is 0 Å². The van der Waals surface area contributed by atoms with E-state index in [1.165, 1.54) is 6.08 Å². The van der Waals surface area contributed by atoms with Gasteiger partial charge in [-0.3, -0.25) is 9.89 Å². The average Bonchev–Trinajstić information content (AvgIpc) is 3.74. The highest BCUT2D eigenvalue weighted by atomic mass is 16.5. The van der Waals surface area contributed by atoms with Crippen LogP contribution in [0.1, 0.15) is 61.4 Å². The van der Waals surface area contributed by atoms with E-state index in [1.807, 2.05) is 17.2 Å². The van der Waals surface area contributed by atoms with Crippen LogP contribution in [0.3, 0.4) is 0 Å². The molecule has 3 aliphatic heterocycles. The van der Waals surface area contributed by atoms with Crippen molar-refractivity contribution < 1.29 is 9.53 Å². The number of nitriles is 1. The molecule has 0 unspecified atom stereocenters. The number of carbonyl (C=O) groups is 1. The molecule has 1 aliphatic carbocycles. The van der Waals surface area contributed by atoms with E-state index in [4.69, 9.17) is 14.7 Å². The number of aromatic nitrogens is 4. The van der Waals surface area contributed by atoms with E-state index >= 15 is 0 Å². The number of nitrogens with zero attached hydrogens (tertiary/aromatic N) is 7. The zero-order chi connectivity index (χ0) is 33.9. The second kappa shape index (κ2) is 12.0. The number of benzene rings is 2. The minimum Gasteiger partial charge on any atom is -0.489 e. The van der Waals surface area contributed by atoms with Gasteiger partial charge in [-0.05, 0) is 100 Å². The number of fused-ring (bicyclic) bond motifs is 2. The van der Waals surface area contributed by atoms with Gasteiger partial charge in [-0.15, -0.1) is 0 Å². The summed E-state index contributed by atoms with van der Waals surface area (Å²) >= 11 is 0. The summed E-state index contributed by atoms with van der Waals surface area (Å²) in [5.74, 6) is 2.75. The van der Waals surface area contributed by atoms with Gasteiger partial charge in [0.15, 0.2) is 5.75 Å². The summed E-state index contributed by atoms with van der Waals surface area (Å²) in [5.41, 5.74) is 5.41. The molecule has 1 saturated carbocycles. The van der Waals surface area contributed by atoms with Crippen molar-refractivity contribution in [3.8, 4) is 22.9 Å². The molecule has 2 aromatic heterocycles. The largest absolute Gasteiger partial charge is 0.489 e. The van der Waals surface area contributed by atoms with E-state index in [0.717, 1.165) is 133 Å². The first-order valence-electron chi connectivity index (χ1n) is 17.6. The van der Waals surface area contributed by atoms with Gasteiger partial charge in [0.05, 0.1) is 23.2 Å². The van der Waals surface area contributed by atoms with Crippen molar-refractivity contribution in [2.45, 2.75) is 51.4 Å². The second-order valence-corrected chi connectivity index (χ2v) is 14.9. The van der Waals surface area contributed by atoms with Gasteiger partial charge < -0.3 is 19.4 Å². The van der Waals surface area contributed by atoms with Gasteiger partial charge in [0.2, 0.25) is 5.91 Å². The quantitative estimate of drug-likeness (QED) is 0.222. The molecule has 1 spiro atoms. The number of nitrogens with one attached hydrogen (secondary N) is 1. The Morgan fingerprint density at radius 1 is 1.08 bits per heavy atom. The van der Waals surface area contributed by atoms with Crippen molar-refractivity contribution in [3.63, 3.8) is 0 Å². The summed E-state index contributed by atoms with van der Waals surface area (Å²) in [7, 11) is 2.17. The molecular weight excluding hydrogens is 612 g/mol. The Kier molecular flexibility index (Phi) is 7.71. The van der Waals surface area contributed by atoms with Crippen LogP contribution in [0.25, 0.3) is 39.0 Å². The molecule has 1 amide bonds. The zero-order valence-corrected chi connectivity index (χ0v) is 28.6.